The molecular weight excluding hydrogens is 306 g/mol. The van der Waals surface area contributed by atoms with Crippen molar-refractivity contribution >= 4 is 27.3 Å². The predicted octanol–water partition coefficient (Wildman–Crippen LogP) is 4.98. The normalized spacial score (nSPS) is 12.7. The Bertz CT molecular complexity index is 533. The third-order valence-corrected chi connectivity index (χ3v) is 4.93. The zero-order valence-electron chi connectivity index (χ0n) is 11.0. The van der Waals surface area contributed by atoms with Gasteiger partial charge in [-0.3, -0.25) is 0 Å². The molecule has 1 N–H and O–H groups in total. The van der Waals surface area contributed by atoms with Crippen LogP contribution in [0.3, 0.4) is 0 Å². The Morgan fingerprint density at radius 1 is 1.22 bits per heavy atom. The predicted molar refractivity (Wildman–Crippen MR) is 83.2 cm³/mol. The van der Waals surface area contributed by atoms with Crippen molar-refractivity contribution in [3.63, 3.8) is 0 Å². The Balaban J connectivity index is 1.99. The lowest BCUT2D eigenvalue weighted by atomic mass is 10.0. The van der Waals surface area contributed by atoms with Gasteiger partial charge in [0, 0.05) is 27.3 Å². The molecule has 0 aliphatic carbocycles. The Morgan fingerprint density at radius 2 is 2.00 bits per heavy atom. The summed E-state index contributed by atoms with van der Waals surface area (Å²) in [7, 11) is 0. The topological polar surface area (TPSA) is 12.0 Å². The van der Waals surface area contributed by atoms with E-state index in [1.54, 1.807) is 11.3 Å². The van der Waals surface area contributed by atoms with Crippen molar-refractivity contribution < 1.29 is 0 Å². The second kappa shape index (κ2) is 6.00. The van der Waals surface area contributed by atoms with Crippen molar-refractivity contribution in [3.05, 3.63) is 55.7 Å². The van der Waals surface area contributed by atoms with Crippen LogP contribution in [0.25, 0.3) is 0 Å². The fourth-order valence-corrected chi connectivity index (χ4v) is 3.25. The average Bonchev–Trinajstić information content (AvgIpc) is 2.75. The summed E-state index contributed by atoms with van der Waals surface area (Å²) in [5, 5.41) is 5.69. The first-order chi connectivity index (χ1) is 8.56. The van der Waals surface area contributed by atoms with Crippen molar-refractivity contribution in [1.82, 2.24) is 5.32 Å². The highest BCUT2D eigenvalue weighted by molar-refractivity contribution is 9.10. The van der Waals surface area contributed by atoms with Crippen molar-refractivity contribution in [2.24, 2.45) is 0 Å². The third kappa shape index (κ3) is 3.44. The molecule has 0 radical (unpaired) electrons. The summed E-state index contributed by atoms with van der Waals surface area (Å²) in [5.41, 5.74) is 4.07. The van der Waals surface area contributed by atoms with Crippen LogP contribution < -0.4 is 5.32 Å². The van der Waals surface area contributed by atoms with Crippen molar-refractivity contribution in [2.45, 2.75) is 33.4 Å². The Morgan fingerprint density at radius 3 is 2.61 bits per heavy atom. The molecule has 1 atom stereocenters. The molecule has 0 aliphatic rings. The molecule has 1 aromatic heterocycles. The lowest BCUT2D eigenvalue weighted by Crippen LogP contribution is -2.17. The van der Waals surface area contributed by atoms with E-state index in [4.69, 9.17) is 0 Å². The first-order valence-electron chi connectivity index (χ1n) is 6.09. The van der Waals surface area contributed by atoms with E-state index in [0.29, 0.717) is 6.04 Å². The zero-order chi connectivity index (χ0) is 13.1. The number of thiophene rings is 1. The minimum Gasteiger partial charge on any atom is -0.305 e. The number of hydrogen-bond acceptors (Lipinski definition) is 2. The Kier molecular flexibility index (Phi) is 4.60. The summed E-state index contributed by atoms with van der Waals surface area (Å²) in [6.45, 7) is 7.46. The van der Waals surface area contributed by atoms with Gasteiger partial charge in [0.1, 0.15) is 0 Å². The summed E-state index contributed by atoms with van der Waals surface area (Å²) < 4.78 is 1.17. The average molecular weight is 324 g/mol. The molecule has 0 spiro atoms. The van der Waals surface area contributed by atoms with Crippen molar-refractivity contribution in [2.75, 3.05) is 0 Å². The first-order valence-corrected chi connectivity index (χ1v) is 7.77. The van der Waals surface area contributed by atoms with E-state index in [1.807, 2.05) is 0 Å². The van der Waals surface area contributed by atoms with Gasteiger partial charge >= 0.3 is 0 Å². The quantitative estimate of drug-likeness (QED) is 0.836. The molecule has 0 saturated carbocycles. The van der Waals surface area contributed by atoms with Crippen LogP contribution in [0.1, 0.15) is 34.5 Å². The minimum absolute atomic E-state index is 0.380. The van der Waals surface area contributed by atoms with Gasteiger partial charge in [0.05, 0.1) is 0 Å². The van der Waals surface area contributed by atoms with Crippen molar-refractivity contribution in [1.29, 1.82) is 0 Å². The maximum absolute atomic E-state index is 3.56. The molecule has 0 fully saturated rings. The SMILES string of the molecule is Cc1ccc(C(C)NCc2cc(Br)cs2)cc1C. The standard InChI is InChI=1S/C15H18BrNS/c1-10-4-5-13(6-11(10)2)12(3)17-8-15-7-14(16)9-18-15/h4-7,9,12,17H,8H2,1-3H3. The van der Waals surface area contributed by atoms with Crippen molar-refractivity contribution in [3.8, 4) is 0 Å². The fraction of sp³-hybridized carbons (Fsp3) is 0.333. The van der Waals surface area contributed by atoms with E-state index in [-0.39, 0.29) is 0 Å². The first kappa shape index (κ1) is 13.8. The van der Waals surface area contributed by atoms with Gasteiger partial charge in [0.15, 0.2) is 0 Å². The number of aryl methyl sites for hydroxylation is 2. The summed E-state index contributed by atoms with van der Waals surface area (Å²) in [6, 6.07) is 9.24. The molecular formula is C15H18BrNS. The lowest BCUT2D eigenvalue weighted by Gasteiger charge is -2.15. The van der Waals surface area contributed by atoms with Gasteiger partial charge in [-0.25, -0.2) is 0 Å². The lowest BCUT2D eigenvalue weighted by molar-refractivity contribution is 0.578. The molecule has 18 heavy (non-hydrogen) atoms. The van der Waals surface area contributed by atoms with Gasteiger partial charge in [0.25, 0.3) is 0 Å². The van der Waals surface area contributed by atoms with Crippen LogP contribution in [0.5, 0.6) is 0 Å². The molecule has 1 aromatic carbocycles. The maximum Gasteiger partial charge on any atom is 0.0305 e. The number of halogens is 1. The van der Waals surface area contributed by atoms with E-state index < -0.39 is 0 Å². The smallest absolute Gasteiger partial charge is 0.0305 e. The van der Waals surface area contributed by atoms with E-state index >= 15 is 0 Å². The number of rotatable bonds is 4. The summed E-state index contributed by atoms with van der Waals surface area (Å²) >= 11 is 5.27. The molecule has 1 heterocycles. The van der Waals surface area contributed by atoms with Crippen LogP contribution in [0.2, 0.25) is 0 Å². The van der Waals surface area contributed by atoms with Crippen LogP contribution in [0.15, 0.2) is 34.1 Å². The van der Waals surface area contributed by atoms with Gasteiger partial charge < -0.3 is 5.32 Å². The van der Waals surface area contributed by atoms with E-state index in [9.17, 15) is 0 Å². The Labute approximate surface area is 121 Å². The number of nitrogens with one attached hydrogen (secondary N) is 1. The molecule has 2 rings (SSSR count). The highest BCUT2D eigenvalue weighted by atomic mass is 79.9. The van der Waals surface area contributed by atoms with Gasteiger partial charge in [-0.2, -0.15) is 0 Å². The number of hydrogen-bond donors (Lipinski definition) is 1. The second-order valence-corrected chi connectivity index (χ2v) is 6.59. The maximum atomic E-state index is 3.56. The van der Waals surface area contributed by atoms with Gasteiger partial charge in [-0.05, 0) is 59.5 Å². The summed E-state index contributed by atoms with van der Waals surface area (Å²) in [5.74, 6) is 0. The van der Waals surface area contributed by atoms with Crippen LogP contribution >= 0.6 is 27.3 Å². The van der Waals surface area contributed by atoms with E-state index in [0.717, 1.165) is 6.54 Å². The number of benzene rings is 1. The van der Waals surface area contributed by atoms with Crippen LogP contribution in [0.4, 0.5) is 0 Å². The second-order valence-electron chi connectivity index (χ2n) is 4.68. The highest BCUT2D eigenvalue weighted by Gasteiger charge is 2.06. The highest BCUT2D eigenvalue weighted by Crippen LogP contribution is 2.21. The summed E-state index contributed by atoms with van der Waals surface area (Å²) in [4.78, 5) is 1.36. The molecule has 96 valence electrons. The molecule has 0 bridgehead atoms. The van der Waals surface area contributed by atoms with Crippen LogP contribution in [0, 0.1) is 13.8 Å². The zero-order valence-corrected chi connectivity index (χ0v) is 13.4. The van der Waals surface area contributed by atoms with Crippen LogP contribution in [-0.4, -0.2) is 0 Å². The van der Waals surface area contributed by atoms with E-state index in [1.165, 1.54) is 26.0 Å². The summed E-state index contributed by atoms with van der Waals surface area (Å²) in [6.07, 6.45) is 0. The molecule has 1 unspecified atom stereocenters. The molecule has 0 saturated heterocycles. The Hall–Kier alpha value is -0.640. The van der Waals surface area contributed by atoms with E-state index in [2.05, 4.69) is 71.7 Å². The third-order valence-electron chi connectivity index (χ3n) is 3.24. The van der Waals surface area contributed by atoms with Gasteiger partial charge in [0.2, 0.25) is 0 Å². The minimum atomic E-state index is 0.380. The molecule has 2 aromatic rings. The largest absolute Gasteiger partial charge is 0.305 e. The molecule has 0 amide bonds. The monoisotopic (exact) mass is 323 g/mol. The molecule has 3 heteroatoms. The van der Waals surface area contributed by atoms with Crippen LogP contribution in [-0.2, 0) is 6.54 Å². The fourth-order valence-electron chi connectivity index (χ4n) is 1.85. The van der Waals surface area contributed by atoms with Gasteiger partial charge in [-0.1, -0.05) is 18.2 Å². The van der Waals surface area contributed by atoms with Gasteiger partial charge in [-0.15, -0.1) is 11.3 Å². The molecule has 1 nitrogen and oxygen atoms in total. The molecule has 0 aliphatic heterocycles.